The molecule has 0 bridgehead atoms. The monoisotopic (exact) mass is 498 g/mol. The zero-order valence-electron chi connectivity index (χ0n) is 18.0. The molecule has 0 aliphatic carbocycles. The van der Waals surface area contributed by atoms with Crippen LogP contribution in [-0.2, 0) is 19.1 Å². The van der Waals surface area contributed by atoms with Gasteiger partial charge in [-0.1, -0.05) is 6.07 Å². The molecule has 1 aromatic carbocycles. The number of aromatic nitrogens is 2. The number of halogens is 3. The Morgan fingerprint density at radius 1 is 1.17 bits per heavy atom. The highest BCUT2D eigenvalue weighted by Crippen LogP contribution is 2.33. The van der Waals surface area contributed by atoms with Gasteiger partial charge in [-0.15, -0.1) is 11.3 Å². The molecule has 3 aromatic heterocycles. The number of benzene rings is 1. The SMILES string of the molecule is O=Cc1cc(NC(=O)c2csc3c2CCN(C(=O)c2cnc4ccccn24)C3)cc(C(F)(F)F)c1. The predicted molar refractivity (Wildman–Crippen MR) is 123 cm³/mol. The average molecular weight is 498 g/mol. The summed E-state index contributed by atoms with van der Waals surface area (Å²) in [5.41, 5.74) is 0.877. The average Bonchev–Trinajstić information content (AvgIpc) is 3.47. The van der Waals surface area contributed by atoms with Gasteiger partial charge < -0.3 is 10.2 Å². The van der Waals surface area contributed by atoms with E-state index in [9.17, 15) is 27.6 Å². The van der Waals surface area contributed by atoms with Gasteiger partial charge in [-0.2, -0.15) is 13.2 Å². The first kappa shape index (κ1) is 22.8. The number of imidazole rings is 1. The van der Waals surface area contributed by atoms with Crippen molar-refractivity contribution in [1.82, 2.24) is 14.3 Å². The lowest BCUT2D eigenvalue weighted by molar-refractivity contribution is -0.137. The molecular weight excluding hydrogens is 481 g/mol. The highest BCUT2D eigenvalue weighted by Gasteiger charge is 2.32. The number of hydrogen-bond donors (Lipinski definition) is 1. The van der Waals surface area contributed by atoms with Gasteiger partial charge in [0.05, 0.1) is 23.9 Å². The highest BCUT2D eigenvalue weighted by atomic mass is 32.1. The number of alkyl halides is 3. The number of anilines is 1. The van der Waals surface area contributed by atoms with Crippen LogP contribution < -0.4 is 5.32 Å². The maximum Gasteiger partial charge on any atom is 0.416 e. The number of rotatable bonds is 4. The molecule has 5 rings (SSSR count). The molecule has 4 heterocycles. The number of hydrogen-bond acceptors (Lipinski definition) is 5. The van der Waals surface area contributed by atoms with Crippen LogP contribution in [0.25, 0.3) is 5.65 Å². The van der Waals surface area contributed by atoms with Crippen LogP contribution in [0.4, 0.5) is 18.9 Å². The van der Waals surface area contributed by atoms with Crippen molar-refractivity contribution in [2.75, 3.05) is 11.9 Å². The Labute approximate surface area is 200 Å². The second-order valence-corrected chi connectivity index (χ2v) is 8.98. The van der Waals surface area contributed by atoms with Crippen molar-refractivity contribution >= 4 is 40.8 Å². The normalized spacial score (nSPS) is 13.5. The Morgan fingerprint density at radius 2 is 2.00 bits per heavy atom. The number of fused-ring (bicyclic) bond motifs is 2. The Balaban J connectivity index is 1.35. The van der Waals surface area contributed by atoms with Crippen LogP contribution in [0.15, 0.2) is 54.2 Å². The number of nitrogens with zero attached hydrogens (tertiary/aromatic N) is 3. The number of amides is 2. The van der Waals surface area contributed by atoms with Crippen molar-refractivity contribution in [2.24, 2.45) is 0 Å². The van der Waals surface area contributed by atoms with Gasteiger partial charge in [-0.05, 0) is 42.3 Å². The third kappa shape index (κ3) is 4.30. The van der Waals surface area contributed by atoms with Crippen molar-refractivity contribution in [3.63, 3.8) is 0 Å². The first-order valence-electron chi connectivity index (χ1n) is 10.5. The molecule has 0 atom stereocenters. The minimum atomic E-state index is -4.66. The lowest BCUT2D eigenvalue weighted by atomic mass is 10.0. The van der Waals surface area contributed by atoms with Gasteiger partial charge >= 0.3 is 6.18 Å². The number of carbonyl (C=O) groups is 3. The van der Waals surface area contributed by atoms with Crippen molar-refractivity contribution in [1.29, 1.82) is 0 Å². The lowest BCUT2D eigenvalue weighted by Crippen LogP contribution is -2.36. The maximum absolute atomic E-state index is 13.1. The van der Waals surface area contributed by atoms with E-state index in [1.54, 1.807) is 26.9 Å². The molecule has 178 valence electrons. The quantitative estimate of drug-likeness (QED) is 0.414. The third-order valence-corrected chi connectivity index (χ3v) is 6.81. The molecule has 0 unspecified atom stereocenters. The van der Waals surface area contributed by atoms with E-state index < -0.39 is 17.6 Å². The molecule has 4 aromatic rings. The van der Waals surface area contributed by atoms with Crippen LogP contribution in [0.3, 0.4) is 0 Å². The summed E-state index contributed by atoms with van der Waals surface area (Å²) < 4.78 is 41.2. The number of carbonyl (C=O) groups excluding carboxylic acids is 3. The summed E-state index contributed by atoms with van der Waals surface area (Å²) in [6, 6.07) is 8.16. The molecule has 1 aliphatic heterocycles. The van der Waals surface area contributed by atoms with Gasteiger partial charge in [0.1, 0.15) is 17.6 Å². The molecule has 1 N–H and O–H groups in total. The summed E-state index contributed by atoms with van der Waals surface area (Å²) in [6.07, 6.45) is -0.638. The number of nitrogens with one attached hydrogen (secondary N) is 1. The van der Waals surface area contributed by atoms with Gasteiger partial charge in [-0.25, -0.2) is 4.98 Å². The maximum atomic E-state index is 13.1. The van der Waals surface area contributed by atoms with Crippen molar-refractivity contribution in [3.8, 4) is 0 Å². The fourth-order valence-electron chi connectivity index (χ4n) is 4.10. The van der Waals surface area contributed by atoms with Gasteiger partial charge in [0, 0.05) is 34.2 Å². The third-order valence-electron chi connectivity index (χ3n) is 5.79. The molecule has 0 saturated carbocycles. The fourth-order valence-corrected chi connectivity index (χ4v) is 5.19. The molecule has 7 nitrogen and oxygen atoms in total. The summed E-state index contributed by atoms with van der Waals surface area (Å²) in [4.78, 5) is 43.8. The zero-order valence-corrected chi connectivity index (χ0v) is 18.8. The van der Waals surface area contributed by atoms with E-state index in [2.05, 4.69) is 10.3 Å². The molecule has 1 aliphatic rings. The van der Waals surface area contributed by atoms with Crippen LogP contribution in [0.5, 0.6) is 0 Å². The van der Waals surface area contributed by atoms with Crippen molar-refractivity contribution in [2.45, 2.75) is 19.1 Å². The van der Waals surface area contributed by atoms with Crippen LogP contribution in [0, 0.1) is 0 Å². The van der Waals surface area contributed by atoms with Crippen LogP contribution >= 0.6 is 11.3 Å². The second kappa shape index (κ2) is 8.66. The number of pyridine rings is 1. The summed E-state index contributed by atoms with van der Waals surface area (Å²) >= 11 is 1.31. The van der Waals surface area contributed by atoms with E-state index in [4.69, 9.17) is 0 Å². The number of thiophene rings is 1. The van der Waals surface area contributed by atoms with E-state index in [0.717, 1.165) is 22.6 Å². The van der Waals surface area contributed by atoms with Gasteiger partial charge in [0.2, 0.25) is 0 Å². The highest BCUT2D eigenvalue weighted by molar-refractivity contribution is 7.10. The minimum Gasteiger partial charge on any atom is -0.332 e. The van der Waals surface area contributed by atoms with Gasteiger partial charge in [-0.3, -0.25) is 18.8 Å². The van der Waals surface area contributed by atoms with Crippen molar-refractivity contribution < 1.29 is 27.6 Å². The number of aldehydes is 1. The molecule has 11 heteroatoms. The van der Waals surface area contributed by atoms with E-state index in [-0.39, 0.29) is 17.2 Å². The Bertz CT molecular complexity index is 1470. The zero-order chi connectivity index (χ0) is 24.7. The molecular formula is C24H17F3N4O3S. The largest absolute Gasteiger partial charge is 0.416 e. The van der Waals surface area contributed by atoms with Crippen LogP contribution in [-0.4, -0.2) is 38.9 Å². The van der Waals surface area contributed by atoms with E-state index in [0.29, 0.717) is 42.7 Å². The molecule has 0 saturated heterocycles. The summed E-state index contributed by atoms with van der Waals surface area (Å²) in [5, 5.41) is 4.11. The molecule has 0 spiro atoms. The van der Waals surface area contributed by atoms with E-state index in [1.165, 1.54) is 23.6 Å². The Hall–Kier alpha value is -3.99. The van der Waals surface area contributed by atoms with Gasteiger partial charge in [0.25, 0.3) is 11.8 Å². The first-order chi connectivity index (χ1) is 16.7. The van der Waals surface area contributed by atoms with Gasteiger partial charge in [0.15, 0.2) is 0 Å². The molecule has 35 heavy (non-hydrogen) atoms. The van der Waals surface area contributed by atoms with Crippen molar-refractivity contribution in [3.05, 3.63) is 87.0 Å². The standard InChI is InChI=1S/C24H17F3N4O3S/c25-24(26,27)15-7-14(12-32)8-16(9-15)29-22(33)18-13-35-20-11-30(6-4-17(18)20)23(34)19-10-28-21-3-1-2-5-31(19)21/h1-3,5,7-10,12-13H,4,6,11H2,(H,29,33). The molecule has 0 fully saturated rings. The Morgan fingerprint density at radius 3 is 2.77 bits per heavy atom. The fraction of sp³-hybridized carbons (Fsp3) is 0.167. The summed E-state index contributed by atoms with van der Waals surface area (Å²) in [5.74, 6) is -0.751. The van der Waals surface area contributed by atoms with Crippen LogP contribution in [0.2, 0.25) is 0 Å². The molecule has 0 radical (unpaired) electrons. The summed E-state index contributed by atoms with van der Waals surface area (Å²) in [6.45, 7) is 0.687. The van der Waals surface area contributed by atoms with E-state index >= 15 is 0 Å². The van der Waals surface area contributed by atoms with E-state index in [1.807, 2.05) is 12.1 Å². The smallest absolute Gasteiger partial charge is 0.332 e. The lowest BCUT2D eigenvalue weighted by Gasteiger charge is -2.27. The minimum absolute atomic E-state index is 0.118. The first-order valence-corrected chi connectivity index (χ1v) is 11.4. The topological polar surface area (TPSA) is 83.8 Å². The summed E-state index contributed by atoms with van der Waals surface area (Å²) in [7, 11) is 0. The Kier molecular flexibility index (Phi) is 5.64. The second-order valence-electron chi connectivity index (χ2n) is 8.01. The predicted octanol–water partition coefficient (Wildman–Crippen LogP) is 4.68. The molecule has 2 amide bonds. The van der Waals surface area contributed by atoms with Crippen LogP contribution in [0.1, 0.15) is 47.2 Å².